The van der Waals surface area contributed by atoms with Gasteiger partial charge >= 0.3 is 0 Å². The van der Waals surface area contributed by atoms with Gasteiger partial charge in [0.2, 0.25) is 0 Å². The molecule has 0 aromatic rings. The molecule has 13 heavy (non-hydrogen) atoms. The average Bonchev–Trinajstić information content (AvgIpc) is 2.14. The van der Waals surface area contributed by atoms with Gasteiger partial charge in [-0.3, -0.25) is 0 Å². The van der Waals surface area contributed by atoms with Crippen LogP contribution in [0.1, 0.15) is 59.3 Å². The minimum atomic E-state index is 1.09. The fourth-order valence-electron chi connectivity index (χ4n) is 1.80. The van der Waals surface area contributed by atoms with E-state index in [0.29, 0.717) is 0 Å². The third-order valence-electron chi connectivity index (χ3n) is 2.42. The van der Waals surface area contributed by atoms with Crippen molar-refractivity contribution in [3.05, 3.63) is 23.8 Å². The van der Waals surface area contributed by atoms with Crippen LogP contribution in [0.15, 0.2) is 23.8 Å². The first-order chi connectivity index (χ1) is 6.29. The summed E-state index contributed by atoms with van der Waals surface area (Å²) in [5.41, 5.74) is 3.31. The molecule has 0 heteroatoms. The molecule has 0 N–H and O–H groups in total. The van der Waals surface area contributed by atoms with Gasteiger partial charge in [-0.15, -0.1) is 6.58 Å². The first-order valence-electron chi connectivity index (χ1n) is 5.60. The Balaban J connectivity index is 4.43. The molecule has 0 saturated heterocycles. The molecule has 0 radical (unpaired) electrons. The highest BCUT2D eigenvalue weighted by Gasteiger charge is 2.01. The molecule has 0 amide bonds. The highest BCUT2D eigenvalue weighted by molar-refractivity contribution is 5.16. The maximum absolute atomic E-state index is 3.83. The Morgan fingerprint density at radius 2 is 1.54 bits per heavy atom. The topological polar surface area (TPSA) is 0 Å². The van der Waals surface area contributed by atoms with Crippen LogP contribution in [0.25, 0.3) is 0 Å². The quantitative estimate of drug-likeness (QED) is 0.490. The molecule has 76 valence electrons. The number of allylic oxidation sites excluding steroid dienone is 3. The van der Waals surface area contributed by atoms with Gasteiger partial charge in [-0.05, 0) is 25.7 Å². The number of hydrogen-bond acceptors (Lipinski definition) is 0. The van der Waals surface area contributed by atoms with Crippen LogP contribution in [-0.4, -0.2) is 0 Å². The van der Waals surface area contributed by atoms with E-state index in [1.807, 2.05) is 6.08 Å². The van der Waals surface area contributed by atoms with Gasteiger partial charge in [0.1, 0.15) is 0 Å². The van der Waals surface area contributed by atoms with Crippen molar-refractivity contribution in [1.29, 1.82) is 0 Å². The highest BCUT2D eigenvalue weighted by Crippen LogP contribution is 2.22. The van der Waals surface area contributed by atoms with Gasteiger partial charge in [-0.2, -0.15) is 0 Å². The van der Waals surface area contributed by atoms with Crippen molar-refractivity contribution in [3.8, 4) is 0 Å². The first-order valence-corrected chi connectivity index (χ1v) is 5.60. The summed E-state index contributed by atoms with van der Waals surface area (Å²) in [5.74, 6) is 0. The third-order valence-corrected chi connectivity index (χ3v) is 2.42. The summed E-state index contributed by atoms with van der Waals surface area (Å²) in [6, 6.07) is 0. The van der Waals surface area contributed by atoms with Crippen molar-refractivity contribution < 1.29 is 0 Å². The lowest BCUT2D eigenvalue weighted by atomic mass is 9.95. The van der Waals surface area contributed by atoms with Gasteiger partial charge < -0.3 is 0 Å². The summed E-state index contributed by atoms with van der Waals surface area (Å²) in [7, 11) is 0. The van der Waals surface area contributed by atoms with Crippen molar-refractivity contribution in [2.24, 2.45) is 0 Å². The summed E-state index contributed by atoms with van der Waals surface area (Å²) < 4.78 is 0. The Morgan fingerprint density at radius 3 is 1.92 bits per heavy atom. The molecule has 0 aliphatic rings. The molecular weight excluding hydrogens is 156 g/mol. The van der Waals surface area contributed by atoms with E-state index in [4.69, 9.17) is 0 Å². The Labute approximate surface area is 83.7 Å². The minimum absolute atomic E-state index is 1.09. The third kappa shape index (κ3) is 4.92. The first kappa shape index (κ1) is 12.5. The van der Waals surface area contributed by atoms with Crippen LogP contribution in [0.3, 0.4) is 0 Å². The van der Waals surface area contributed by atoms with E-state index in [1.54, 1.807) is 11.1 Å². The standard InChI is InChI=1S/C13H24/c1-5-9-12(8-4)13(10-6-2)11-7-3/h6H,2,5,7-11H2,1,3-4H3/b13-12-. The van der Waals surface area contributed by atoms with E-state index >= 15 is 0 Å². The molecule has 0 aliphatic carbocycles. The largest absolute Gasteiger partial charge is 0.103 e. The monoisotopic (exact) mass is 180 g/mol. The lowest BCUT2D eigenvalue weighted by Gasteiger charge is -2.11. The van der Waals surface area contributed by atoms with Gasteiger partial charge in [-0.1, -0.05) is 50.8 Å². The van der Waals surface area contributed by atoms with Crippen LogP contribution in [0, 0.1) is 0 Å². The summed E-state index contributed by atoms with van der Waals surface area (Å²) in [6.07, 6.45) is 9.42. The van der Waals surface area contributed by atoms with E-state index in [-0.39, 0.29) is 0 Å². The van der Waals surface area contributed by atoms with E-state index in [2.05, 4.69) is 27.4 Å². The maximum Gasteiger partial charge on any atom is -0.0139 e. The van der Waals surface area contributed by atoms with Crippen LogP contribution in [-0.2, 0) is 0 Å². The molecule has 0 bridgehead atoms. The summed E-state index contributed by atoms with van der Waals surface area (Å²) in [6.45, 7) is 10.6. The zero-order valence-electron chi connectivity index (χ0n) is 9.53. The smallest absolute Gasteiger partial charge is 0.0139 e. The Kier molecular flexibility index (Phi) is 7.77. The van der Waals surface area contributed by atoms with E-state index < -0.39 is 0 Å². The van der Waals surface area contributed by atoms with Crippen LogP contribution in [0.2, 0.25) is 0 Å². The number of hydrogen-bond donors (Lipinski definition) is 0. The minimum Gasteiger partial charge on any atom is -0.103 e. The second kappa shape index (κ2) is 8.10. The Bertz CT molecular complexity index is 163. The predicted molar refractivity (Wildman–Crippen MR) is 61.9 cm³/mol. The van der Waals surface area contributed by atoms with Gasteiger partial charge in [0.15, 0.2) is 0 Å². The summed E-state index contributed by atoms with van der Waals surface area (Å²) >= 11 is 0. The second-order valence-corrected chi connectivity index (χ2v) is 3.55. The molecule has 0 fully saturated rings. The van der Waals surface area contributed by atoms with Gasteiger partial charge in [-0.25, -0.2) is 0 Å². The lowest BCUT2D eigenvalue weighted by Crippen LogP contribution is -1.91. The Morgan fingerprint density at radius 1 is 1.00 bits per heavy atom. The molecule has 0 aromatic heterocycles. The Hall–Kier alpha value is -0.520. The summed E-state index contributed by atoms with van der Waals surface area (Å²) in [5, 5.41) is 0. The fourth-order valence-corrected chi connectivity index (χ4v) is 1.80. The average molecular weight is 180 g/mol. The molecule has 0 unspecified atom stereocenters. The van der Waals surface area contributed by atoms with E-state index in [1.165, 1.54) is 32.1 Å². The van der Waals surface area contributed by atoms with Crippen LogP contribution in [0.5, 0.6) is 0 Å². The van der Waals surface area contributed by atoms with Crippen LogP contribution < -0.4 is 0 Å². The van der Waals surface area contributed by atoms with Crippen molar-refractivity contribution in [2.45, 2.75) is 59.3 Å². The fraction of sp³-hybridized carbons (Fsp3) is 0.692. The van der Waals surface area contributed by atoms with Crippen LogP contribution in [0.4, 0.5) is 0 Å². The normalized spacial score (nSPS) is 12.5. The summed E-state index contributed by atoms with van der Waals surface area (Å²) in [4.78, 5) is 0. The molecule has 0 aromatic carbocycles. The maximum atomic E-state index is 3.83. The van der Waals surface area contributed by atoms with Crippen LogP contribution >= 0.6 is 0 Å². The molecule has 0 atom stereocenters. The molecule has 0 spiro atoms. The zero-order valence-corrected chi connectivity index (χ0v) is 9.53. The van der Waals surface area contributed by atoms with E-state index in [9.17, 15) is 0 Å². The molecule has 0 heterocycles. The van der Waals surface area contributed by atoms with Gasteiger partial charge in [0.05, 0.1) is 0 Å². The van der Waals surface area contributed by atoms with Crippen molar-refractivity contribution in [1.82, 2.24) is 0 Å². The zero-order chi connectivity index (χ0) is 10.1. The molecular formula is C13H24. The second-order valence-electron chi connectivity index (χ2n) is 3.55. The molecule has 0 rings (SSSR count). The van der Waals surface area contributed by atoms with Crippen molar-refractivity contribution >= 4 is 0 Å². The molecule has 0 nitrogen and oxygen atoms in total. The molecule has 0 aliphatic heterocycles. The van der Waals surface area contributed by atoms with E-state index in [0.717, 1.165) is 6.42 Å². The van der Waals surface area contributed by atoms with Crippen molar-refractivity contribution in [3.63, 3.8) is 0 Å². The predicted octanol–water partition coefficient (Wildman–Crippen LogP) is 4.87. The van der Waals surface area contributed by atoms with Gasteiger partial charge in [0.25, 0.3) is 0 Å². The lowest BCUT2D eigenvalue weighted by molar-refractivity contribution is 0.787. The highest BCUT2D eigenvalue weighted by atomic mass is 14.1. The van der Waals surface area contributed by atoms with Crippen molar-refractivity contribution in [2.75, 3.05) is 0 Å². The SMILES string of the molecule is C=CC/C(CCC)=C(\CC)CCC. The van der Waals surface area contributed by atoms with Gasteiger partial charge in [0, 0.05) is 0 Å². The molecule has 0 saturated carbocycles. The number of rotatable bonds is 7.